The zero-order chi connectivity index (χ0) is 18.1. The zero-order valence-electron chi connectivity index (χ0n) is 13.5. The highest BCUT2D eigenvalue weighted by Crippen LogP contribution is 2.32. The lowest BCUT2D eigenvalue weighted by Gasteiger charge is -2.17. The van der Waals surface area contributed by atoms with E-state index in [1.54, 1.807) is 28.2 Å². The maximum atomic E-state index is 9.53. The Bertz CT molecular complexity index is 686. The third-order valence-corrected chi connectivity index (χ3v) is 5.00. The van der Waals surface area contributed by atoms with Crippen LogP contribution in [0.1, 0.15) is 24.0 Å². The van der Waals surface area contributed by atoms with Crippen molar-refractivity contribution in [3.05, 3.63) is 62.5 Å². The quantitative estimate of drug-likeness (QED) is 0.787. The molecule has 0 amide bonds. The van der Waals surface area contributed by atoms with Crippen LogP contribution >= 0.6 is 22.7 Å². The minimum atomic E-state index is -1.51. The number of quaternary nitrogens is 1. The maximum Gasteiger partial charge on any atom is 0.328 e. The highest BCUT2D eigenvalue weighted by molar-refractivity contribution is 7.08. The second-order valence-corrected chi connectivity index (χ2v) is 6.92. The summed E-state index contributed by atoms with van der Waals surface area (Å²) in [5, 5.41) is 28.6. The molecule has 0 spiro atoms. The van der Waals surface area contributed by atoms with Crippen molar-refractivity contribution in [1.82, 2.24) is 0 Å². The molecule has 0 bridgehead atoms. The number of aliphatic carboxylic acids is 2. The topological polar surface area (TPSA) is 94.0 Å². The van der Waals surface area contributed by atoms with Gasteiger partial charge in [-0.25, -0.2) is 4.79 Å². The van der Waals surface area contributed by atoms with Crippen molar-refractivity contribution in [2.75, 3.05) is 13.1 Å². The van der Waals surface area contributed by atoms with Crippen LogP contribution in [-0.4, -0.2) is 30.1 Å². The Morgan fingerprint density at radius 2 is 1.60 bits per heavy atom. The Morgan fingerprint density at radius 3 is 1.96 bits per heavy atom. The number of hydrogen-bond acceptors (Lipinski definition) is 5. The van der Waals surface area contributed by atoms with E-state index >= 15 is 0 Å². The van der Waals surface area contributed by atoms with E-state index < -0.39 is 11.9 Å². The van der Waals surface area contributed by atoms with Crippen LogP contribution in [0.4, 0.5) is 0 Å². The summed E-state index contributed by atoms with van der Waals surface area (Å²) in [4.78, 5) is 19.0. The lowest BCUT2D eigenvalue weighted by atomic mass is 9.91. The summed E-state index contributed by atoms with van der Waals surface area (Å²) in [5.41, 5.74) is 5.96. The number of carboxylic acid groups (broad SMARTS) is 2. The van der Waals surface area contributed by atoms with Crippen molar-refractivity contribution >= 4 is 40.2 Å². The van der Waals surface area contributed by atoms with E-state index in [9.17, 15) is 14.7 Å². The summed E-state index contributed by atoms with van der Waals surface area (Å²) < 4.78 is 0. The average molecular weight is 377 g/mol. The average Bonchev–Trinajstić information content (AvgIpc) is 3.29. The van der Waals surface area contributed by atoms with Gasteiger partial charge in [-0.05, 0) is 56.4 Å². The van der Waals surface area contributed by atoms with Gasteiger partial charge in [0.1, 0.15) is 0 Å². The summed E-state index contributed by atoms with van der Waals surface area (Å²) in [6.45, 7) is 2.49. The summed E-state index contributed by atoms with van der Waals surface area (Å²) in [6.07, 6.45) is 3.42. The zero-order valence-corrected chi connectivity index (χ0v) is 15.1. The summed E-state index contributed by atoms with van der Waals surface area (Å²) in [5.74, 6) is -2.80. The predicted molar refractivity (Wildman–Crippen MR) is 97.3 cm³/mol. The minimum absolute atomic E-state index is 0.447. The van der Waals surface area contributed by atoms with Crippen LogP contribution in [0.25, 0.3) is 5.57 Å². The first-order chi connectivity index (χ1) is 12.1. The van der Waals surface area contributed by atoms with Crippen molar-refractivity contribution in [1.29, 1.82) is 0 Å². The van der Waals surface area contributed by atoms with Gasteiger partial charge in [0, 0.05) is 18.9 Å². The molecule has 7 heteroatoms. The lowest BCUT2D eigenvalue weighted by Crippen LogP contribution is -2.85. The molecule has 3 N–H and O–H groups in total. The van der Waals surface area contributed by atoms with E-state index in [4.69, 9.17) is 5.11 Å². The summed E-state index contributed by atoms with van der Waals surface area (Å²) in [7, 11) is 0. The number of rotatable bonds is 4. The van der Waals surface area contributed by atoms with Crippen molar-refractivity contribution in [2.24, 2.45) is 0 Å². The SMILES string of the molecule is O=C([O-])/C=C/C(=O)O.c1cc(C(=C2CC[NH2+]CC2)c2ccsc2)cs1. The Hall–Kier alpha value is -2.22. The molecule has 0 saturated carbocycles. The summed E-state index contributed by atoms with van der Waals surface area (Å²) >= 11 is 3.58. The molecule has 1 fully saturated rings. The Balaban J connectivity index is 0.000000242. The molecule has 3 rings (SSSR count). The molecule has 0 atom stereocenters. The number of thiophene rings is 2. The van der Waals surface area contributed by atoms with Gasteiger partial charge in [-0.1, -0.05) is 5.57 Å². The second-order valence-electron chi connectivity index (χ2n) is 5.36. The van der Waals surface area contributed by atoms with Gasteiger partial charge in [-0.2, -0.15) is 22.7 Å². The number of carbonyl (C=O) groups is 2. The monoisotopic (exact) mass is 377 g/mol. The van der Waals surface area contributed by atoms with Crippen molar-refractivity contribution in [3.63, 3.8) is 0 Å². The molecule has 0 aliphatic carbocycles. The number of hydrogen-bond donors (Lipinski definition) is 2. The fraction of sp³-hybridized carbons (Fsp3) is 0.222. The highest BCUT2D eigenvalue weighted by atomic mass is 32.1. The molecule has 5 nitrogen and oxygen atoms in total. The molecule has 1 aliphatic rings. The van der Waals surface area contributed by atoms with Crippen LogP contribution in [0.2, 0.25) is 0 Å². The van der Waals surface area contributed by atoms with Crippen LogP contribution in [0, 0.1) is 0 Å². The molecule has 0 unspecified atom stereocenters. The normalized spacial score (nSPS) is 14.0. The van der Waals surface area contributed by atoms with E-state index in [1.807, 2.05) is 0 Å². The Kier molecular flexibility index (Phi) is 7.59. The first-order valence-electron chi connectivity index (χ1n) is 7.78. The van der Waals surface area contributed by atoms with E-state index in [0.717, 1.165) is 0 Å². The first kappa shape index (κ1) is 19.1. The molecule has 25 heavy (non-hydrogen) atoms. The van der Waals surface area contributed by atoms with Gasteiger partial charge in [0.25, 0.3) is 0 Å². The first-order valence-corrected chi connectivity index (χ1v) is 9.67. The Morgan fingerprint density at radius 1 is 1.04 bits per heavy atom. The van der Waals surface area contributed by atoms with Gasteiger partial charge in [0.2, 0.25) is 0 Å². The van der Waals surface area contributed by atoms with Crippen LogP contribution in [0.15, 0.2) is 51.4 Å². The molecule has 1 aliphatic heterocycles. The molecule has 1 saturated heterocycles. The highest BCUT2D eigenvalue weighted by Gasteiger charge is 2.16. The predicted octanol–water partition coefficient (Wildman–Crippen LogP) is 1.35. The van der Waals surface area contributed by atoms with Gasteiger partial charge in [-0.15, -0.1) is 0 Å². The largest absolute Gasteiger partial charge is 0.545 e. The Labute approximate surface area is 154 Å². The minimum Gasteiger partial charge on any atom is -0.545 e. The summed E-state index contributed by atoms with van der Waals surface area (Å²) in [6, 6.07) is 4.51. The second kappa shape index (κ2) is 9.93. The third-order valence-electron chi connectivity index (χ3n) is 3.64. The van der Waals surface area contributed by atoms with Gasteiger partial charge in [0.05, 0.1) is 19.1 Å². The third kappa shape index (κ3) is 6.30. The number of carboxylic acids is 2. The molecule has 2 aromatic rings. The van der Waals surface area contributed by atoms with E-state index in [2.05, 4.69) is 39.0 Å². The van der Waals surface area contributed by atoms with Crippen LogP contribution in [0.3, 0.4) is 0 Å². The molecule has 2 aromatic heterocycles. The van der Waals surface area contributed by atoms with Crippen LogP contribution in [0.5, 0.6) is 0 Å². The van der Waals surface area contributed by atoms with Gasteiger partial charge >= 0.3 is 5.97 Å². The van der Waals surface area contributed by atoms with Crippen molar-refractivity contribution < 1.29 is 25.1 Å². The molecule has 3 heterocycles. The van der Waals surface area contributed by atoms with E-state index in [1.165, 1.54) is 42.6 Å². The number of carbonyl (C=O) groups excluding carboxylic acids is 1. The smallest absolute Gasteiger partial charge is 0.328 e. The lowest BCUT2D eigenvalue weighted by molar-refractivity contribution is -0.658. The standard InChI is InChI=1S/C14H15NS2.C4H4O4/c1-5-15-6-2-11(1)14(12-3-7-16-9-12)13-4-8-17-10-13;5-3(6)1-2-4(7)8/h3-4,7-10,15H,1-2,5-6H2;1-2H,(H,5,6)(H,7,8)/b;2-1+. The van der Waals surface area contributed by atoms with Gasteiger partial charge in [0.15, 0.2) is 0 Å². The van der Waals surface area contributed by atoms with Crippen LogP contribution in [-0.2, 0) is 9.59 Å². The number of piperidine rings is 1. The fourth-order valence-corrected chi connectivity index (χ4v) is 3.89. The van der Waals surface area contributed by atoms with E-state index in [0.29, 0.717) is 12.2 Å². The van der Waals surface area contributed by atoms with Crippen molar-refractivity contribution in [3.8, 4) is 0 Å². The molecular weight excluding hydrogens is 358 g/mol. The fourth-order valence-electron chi connectivity index (χ4n) is 2.60. The molecule has 132 valence electrons. The van der Waals surface area contributed by atoms with Gasteiger partial charge < -0.3 is 20.3 Å². The molecular formula is C18H19NO4S2. The van der Waals surface area contributed by atoms with E-state index in [-0.39, 0.29) is 0 Å². The number of nitrogens with two attached hydrogens (primary N) is 1. The maximum absolute atomic E-state index is 9.53. The van der Waals surface area contributed by atoms with Crippen molar-refractivity contribution in [2.45, 2.75) is 12.8 Å². The van der Waals surface area contributed by atoms with Crippen LogP contribution < -0.4 is 10.4 Å². The molecule has 0 radical (unpaired) electrons. The molecule has 0 aromatic carbocycles. The van der Waals surface area contributed by atoms with Gasteiger partial charge in [-0.3, -0.25) is 0 Å².